The molecule has 0 amide bonds. The summed E-state index contributed by atoms with van der Waals surface area (Å²) in [6, 6.07) is 6.34. The van der Waals surface area contributed by atoms with E-state index in [1.54, 1.807) is 10.9 Å². The van der Waals surface area contributed by atoms with Crippen LogP contribution in [0.15, 0.2) is 29.3 Å². The second-order valence-corrected chi connectivity index (χ2v) is 5.65. The topological polar surface area (TPSA) is 34.9 Å². The van der Waals surface area contributed by atoms with Crippen molar-refractivity contribution >= 4 is 22.6 Å². The SMILES string of the molecule is Cc1cc(C)cc(Cn2cnc(C)c(I)c2=O)c1. The van der Waals surface area contributed by atoms with Gasteiger partial charge in [-0.2, -0.15) is 0 Å². The van der Waals surface area contributed by atoms with E-state index >= 15 is 0 Å². The molecule has 0 fully saturated rings. The molecule has 3 nitrogen and oxygen atoms in total. The summed E-state index contributed by atoms with van der Waals surface area (Å²) in [5, 5.41) is 0. The zero-order chi connectivity index (χ0) is 13.3. The van der Waals surface area contributed by atoms with Crippen molar-refractivity contribution in [2.24, 2.45) is 0 Å². The normalized spacial score (nSPS) is 10.7. The van der Waals surface area contributed by atoms with E-state index in [1.165, 1.54) is 11.1 Å². The van der Waals surface area contributed by atoms with Crippen LogP contribution in [-0.4, -0.2) is 9.55 Å². The van der Waals surface area contributed by atoms with Crippen LogP contribution in [0.25, 0.3) is 0 Å². The zero-order valence-electron chi connectivity index (χ0n) is 10.7. The highest BCUT2D eigenvalue weighted by atomic mass is 127. The van der Waals surface area contributed by atoms with Crippen molar-refractivity contribution in [2.45, 2.75) is 27.3 Å². The van der Waals surface area contributed by atoms with Gasteiger partial charge in [-0.1, -0.05) is 29.3 Å². The summed E-state index contributed by atoms with van der Waals surface area (Å²) < 4.78 is 2.35. The van der Waals surface area contributed by atoms with Gasteiger partial charge in [-0.3, -0.25) is 9.36 Å². The molecule has 0 radical (unpaired) electrons. The summed E-state index contributed by atoms with van der Waals surface area (Å²) in [6.45, 7) is 6.56. The third-order valence-electron chi connectivity index (χ3n) is 2.79. The Bertz CT molecular complexity index is 626. The fraction of sp³-hybridized carbons (Fsp3) is 0.286. The van der Waals surface area contributed by atoms with Crippen molar-refractivity contribution < 1.29 is 0 Å². The minimum atomic E-state index is 0.0299. The second-order valence-electron chi connectivity index (χ2n) is 4.57. The minimum Gasteiger partial charge on any atom is -0.294 e. The van der Waals surface area contributed by atoms with Crippen molar-refractivity contribution in [3.63, 3.8) is 0 Å². The van der Waals surface area contributed by atoms with Crippen molar-refractivity contribution in [1.29, 1.82) is 0 Å². The number of aryl methyl sites for hydroxylation is 3. The Morgan fingerprint density at radius 2 is 1.78 bits per heavy atom. The van der Waals surface area contributed by atoms with Gasteiger partial charge >= 0.3 is 0 Å². The number of hydrogen-bond donors (Lipinski definition) is 0. The Hall–Kier alpha value is -1.17. The number of nitrogens with zero attached hydrogens (tertiary/aromatic N) is 2. The van der Waals surface area contributed by atoms with Crippen LogP contribution in [0.3, 0.4) is 0 Å². The maximum Gasteiger partial charge on any atom is 0.267 e. The summed E-state index contributed by atoms with van der Waals surface area (Å²) >= 11 is 2.05. The average molecular weight is 354 g/mol. The highest BCUT2D eigenvalue weighted by Gasteiger charge is 2.06. The number of rotatable bonds is 2. The van der Waals surface area contributed by atoms with Gasteiger partial charge in [-0.05, 0) is 48.9 Å². The van der Waals surface area contributed by atoms with Crippen molar-refractivity contribution in [1.82, 2.24) is 9.55 Å². The monoisotopic (exact) mass is 354 g/mol. The van der Waals surface area contributed by atoms with E-state index in [2.05, 4.69) is 59.6 Å². The fourth-order valence-corrected chi connectivity index (χ4v) is 2.46. The van der Waals surface area contributed by atoms with E-state index in [0.717, 1.165) is 11.3 Å². The molecule has 0 spiro atoms. The number of halogens is 1. The highest BCUT2D eigenvalue weighted by Crippen LogP contribution is 2.10. The maximum absolute atomic E-state index is 12.1. The molecule has 18 heavy (non-hydrogen) atoms. The summed E-state index contributed by atoms with van der Waals surface area (Å²) in [5.41, 5.74) is 4.39. The van der Waals surface area contributed by atoms with Crippen LogP contribution < -0.4 is 5.56 Å². The van der Waals surface area contributed by atoms with Gasteiger partial charge in [0.15, 0.2) is 0 Å². The summed E-state index contributed by atoms with van der Waals surface area (Å²) in [5.74, 6) is 0. The lowest BCUT2D eigenvalue weighted by Gasteiger charge is -2.08. The first-order valence-electron chi connectivity index (χ1n) is 5.76. The second kappa shape index (κ2) is 5.22. The van der Waals surface area contributed by atoms with E-state index in [9.17, 15) is 4.79 Å². The molecule has 2 aromatic rings. The van der Waals surface area contributed by atoms with Crippen LogP contribution >= 0.6 is 22.6 Å². The molecule has 0 bridgehead atoms. The molecule has 4 heteroatoms. The van der Waals surface area contributed by atoms with E-state index in [1.807, 2.05) is 6.92 Å². The first-order valence-corrected chi connectivity index (χ1v) is 6.84. The predicted octanol–water partition coefficient (Wildman–Crippen LogP) is 2.82. The molecule has 0 saturated heterocycles. The standard InChI is InChI=1S/C14H15IN2O/c1-9-4-10(2)6-12(5-9)7-17-8-16-11(3)13(15)14(17)18/h4-6,8H,7H2,1-3H3. The van der Waals surface area contributed by atoms with Crippen molar-refractivity contribution in [3.05, 3.63) is 60.8 Å². The number of aromatic nitrogens is 2. The molecule has 0 N–H and O–H groups in total. The van der Waals surface area contributed by atoms with E-state index < -0.39 is 0 Å². The lowest BCUT2D eigenvalue weighted by Crippen LogP contribution is -2.24. The highest BCUT2D eigenvalue weighted by molar-refractivity contribution is 14.1. The van der Waals surface area contributed by atoms with E-state index in [4.69, 9.17) is 0 Å². The number of hydrogen-bond acceptors (Lipinski definition) is 2. The fourth-order valence-electron chi connectivity index (χ4n) is 2.02. The lowest BCUT2D eigenvalue weighted by molar-refractivity contribution is 0.723. The van der Waals surface area contributed by atoms with E-state index in [-0.39, 0.29) is 5.56 Å². The summed E-state index contributed by atoms with van der Waals surface area (Å²) in [7, 11) is 0. The van der Waals surface area contributed by atoms with Gasteiger partial charge in [-0.15, -0.1) is 0 Å². The Morgan fingerprint density at radius 1 is 1.17 bits per heavy atom. The molecule has 0 atom stereocenters. The summed E-state index contributed by atoms with van der Waals surface area (Å²) in [6.07, 6.45) is 1.62. The molecule has 0 aliphatic rings. The molecule has 2 rings (SSSR count). The minimum absolute atomic E-state index is 0.0299. The van der Waals surface area contributed by atoms with Crippen molar-refractivity contribution in [2.75, 3.05) is 0 Å². The Kier molecular flexibility index (Phi) is 3.85. The smallest absolute Gasteiger partial charge is 0.267 e. The first kappa shape index (κ1) is 13.3. The number of benzene rings is 1. The van der Waals surface area contributed by atoms with Crippen LogP contribution in [0.2, 0.25) is 0 Å². The maximum atomic E-state index is 12.1. The van der Waals surface area contributed by atoms with Gasteiger partial charge in [-0.25, -0.2) is 4.98 Å². The molecule has 94 valence electrons. The molecule has 0 aliphatic carbocycles. The van der Waals surface area contributed by atoms with Gasteiger partial charge < -0.3 is 0 Å². The molecule has 0 saturated carbocycles. The van der Waals surface area contributed by atoms with E-state index in [0.29, 0.717) is 10.1 Å². The van der Waals surface area contributed by atoms with Crippen LogP contribution in [-0.2, 0) is 6.54 Å². The molecular formula is C14H15IN2O. The molecule has 1 aromatic carbocycles. The lowest BCUT2D eigenvalue weighted by atomic mass is 10.1. The van der Waals surface area contributed by atoms with Gasteiger partial charge in [0.25, 0.3) is 5.56 Å². The van der Waals surface area contributed by atoms with Crippen LogP contribution in [0, 0.1) is 24.3 Å². The van der Waals surface area contributed by atoms with Gasteiger partial charge in [0.1, 0.15) is 0 Å². The molecule has 1 aromatic heterocycles. The van der Waals surface area contributed by atoms with Crippen LogP contribution in [0.4, 0.5) is 0 Å². The molecule has 1 heterocycles. The Labute approximate surface area is 120 Å². The summed E-state index contributed by atoms with van der Waals surface area (Å²) in [4.78, 5) is 16.3. The van der Waals surface area contributed by atoms with Crippen LogP contribution in [0.1, 0.15) is 22.4 Å². The third-order valence-corrected chi connectivity index (χ3v) is 4.03. The first-order chi connectivity index (χ1) is 8.47. The third kappa shape index (κ3) is 2.80. The van der Waals surface area contributed by atoms with Gasteiger partial charge in [0.2, 0.25) is 0 Å². The Balaban J connectivity index is 2.40. The zero-order valence-corrected chi connectivity index (χ0v) is 12.9. The molecule has 0 aliphatic heterocycles. The largest absolute Gasteiger partial charge is 0.294 e. The predicted molar refractivity (Wildman–Crippen MR) is 81.0 cm³/mol. The van der Waals surface area contributed by atoms with Crippen molar-refractivity contribution in [3.8, 4) is 0 Å². The quantitative estimate of drug-likeness (QED) is 0.778. The average Bonchev–Trinajstić information content (AvgIpc) is 2.29. The molecular weight excluding hydrogens is 339 g/mol. The van der Waals surface area contributed by atoms with Gasteiger partial charge in [0, 0.05) is 0 Å². The van der Waals surface area contributed by atoms with Crippen LogP contribution in [0.5, 0.6) is 0 Å². The van der Waals surface area contributed by atoms with Gasteiger partial charge in [0.05, 0.1) is 22.1 Å². The Morgan fingerprint density at radius 3 is 2.39 bits per heavy atom. The molecule has 0 unspecified atom stereocenters.